The lowest BCUT2D eigenvalue weighted by Crippen LogP contribution is -2.33. The van der Waals surface area contributed by atoms with Gasteiger partial charge in [-0.1, -0.05) is 50.1 Å². The van der Waals surface area contributed by atoms with Crippen LogP contribution in [-0.2, 0) is 9.13 Å². The maximum Gasteiger partial charge on any atom is 0.0178 e. The molecule has 6 nitrogen and oxygen atoms in total. The molecule has 0 atom stereocenters. The molecule has 0 saturated carbocycles. The smallest absolute Gasteiger partial charge is 0.0178 e. The van der Waals surface area contributed by atoms with Crippen LogP contribution in [0.1, 0.15) is 59.8 Å². The van der Waals surface area contributed by atoms with Crippen LogP contribution in [0.4, 0.5) is 0 Å². The minimum absolute atomic E-state index is 0.580. The van der Waals surface area contributed by atoms with Gasteiger partial charge in [0.1, 0.15) is 0 Å². The van der Waals surface area contributed by atoms with E-state index in [0.29, 0.717) is 6.42 Å². The van der Waals surface area contributed by atoms with Crippen molar-refractivity contribution in [2.45, 2.75) is 65.2 Å². The molecule has 0 bridgehead atoms. The van der Waals surface area contributed by atoms with Crippen molar-refractivity contribution in [3.63, 3.8) is 0 Å². The van der Waals surface area contributed by atoms with Crippen molar-refractivity contribution in [3.05, 3.63) is 34.9 Å². The maximum atomic E-state index is 10.9. The molecule has 140 valence electrons. The second kappa shape index (κ2) is 10.5. The molecular formula is C16H26O6P2-4. The molecule has 0 aliphatic heterocycles. The third-order valence-corrected chi connectivity index (χ3v) is 7.11. The van der Waals surface area contributed by atoms with E-state index >= 15 is 0 Å². The molecule has 0 unspecified atom stereocenters. The summed E-state index contributed by atoms with van der Waals surface area (Å²) in [7, 11) is -10.9. The summed E-state index contributed by atoms with van der Waals surface area (Å²) in [5, 5.41) is -2.40. The summed E-state index contributed by atoms with van der Waals surface area (Å²) in [6, 6.07) is 0. The molecule has 0 aromatic rings. The Bertz CT molecular complexity index is 553. The number of hydrogen-bond acceptors (Lipinski definition) is 6. The summed E-state index contributed by atoms with van der Waals surface area (Å²) >= 11 is 0. The van der Waals surface area contributed by atoms with Crippen LogP contribution in [0.2, 0.25) is 0 Å². The van der Waals surface area contributed by atoms with Crippen LogP contribution in [0.5, 0.6) is 0 Å². The molecule has 0 heterocycles. The van der Waals surface area contributed by atoms with Crippen molar-refractivity contribution < 1.29 is 28.7 Å². The van der Waals surface area contributed by atoms with E-state index in [0.717, 1.165) is 24.8 Å². The van der Waals surface area contributed by atoms with Gasteiger partial charge in [0.15, 0.2) is 0 Å². The van der Waals surface area contributed by atoms with Gasteiger partial charge in [0.25, 0.3) is 0 Å². The quantitative estimate of drug-likeness (QED) is 0.424. The van der Waals surface area contributed by atoms with E-state index in [1.807, 2.05) is 20.8 Å². The Hall–Kier alpha value is -0.480. The Morgan fingerprint density at radius 3 is 1.62 bits per heavy atom. The lowest BCUT2D eigenvalue weighted by molar-refractivity contribution is -0.329. The molecule has 0 rings (SSSR count). The van der Waals surface area contributed by atoms with Crippen LogP contribution >= 0.6 is 15.2 Å². The van der Waals surface area contributed by atoms with E-state index < -0.39 is 27.0 Å². The fourth-order valence-corrected chi connectivity index (χ4v) is 4.19. The van der Waals surface area contributed by atoms with E-state index in [1.54, 1.807) is 6.92 Å². The van der Waals surface area contributed by atoms with Crippen LogP contribution in [0.25, 0.3) is 0 Å². The average molecular weight is 376 g/mol. The molecule has 0 aromatic heterocycles. The fraction of sp³-hybridized carbons (Fsp3) is 0.625. The Kier molecular flexibility index (Phi) is 10.3. The Labute approximate surface area is 144 Å². The molecule has 0 saturated heterocycles. The third-order valence-electron chi connectivity index (χ3n) is 3.53. The average Bonchev–Trinajstić information content (AvgIpc) is 2.34. The molecule has 0 aliphatic carbocycles. The second-order valence-corrected chi connectivity index (χ2v) is 10.1. The van der Waals surface area contributed by atoms with Crippen molar-refractivity contribution in [2.75, 3.05) is 0 Å². The molecule has 0 radical (unpaired) electrons. The van der Waals surface area contributed by atoms with E-state index in [1.165, 1.54) is 17.2 Å². The molecular weight excluding hydrogens is 350 g/mol. The first-order valence-electron chi connectivity index (χ1n) is 7.82. The molecule has 0 amide bonds. The number of rotatable bonds is 10. The van der Waals surface area contributed by atoms with Crippen LogP contribution in [0.15, 0.2) is 34.9 Å². The summed E-state index contributed by atoms with van der Waals surface area (Å²) in [6.07, 6.45) is 8.28. The first-order chi connectivity index (χ1) is 10.8. The minimum atomic E-state index is -5.47. The first-order valence-corrected chi connectivity index (χ1v) is 11.0. The Morgan fingerprint density at radius 2 is 1.21 bits per heavy atom. The Balaban J connectivity index is 4.53. The van der Waals surface area contributed by atoms with Crippen molar-refractivity contribution in [3.8, 4) is 0 Å². The van der Waals surface area contributed by atoms with Gasteiger partial charge >= 0.3 is 0 Å². The van der Waals surface area contributed by atoms with Crippen LogP contribution in [-0.4, -0.2) is 5.40 Å². The van der Waals surface area contributed by atoms with Gasteiger partial charge in [0, 0.05) is 5.40 Å². The zero-order chi connectivity index (χ0) is 19.0. The zero-order valence-electron chi connectivity index (χ0n) is 14.7. The largest absolute Gasteiger partial charge is 0.810 e. The molecule has 0 spiro atoms. The summed E-state index contributed by atoms with van der Waals surface area (Å²) in [4.78, 5) is 43.6. The fourth-order valence-electron chi connectivity index (χ4n) is 2.08. The summed E-state index contributed by atoms with van der Waals surface area (Å²) in [5.41, 5.74) is 3.26. The van der Waals surface area contributed by atoms with E-state index in [2.05, 4.69) is 12.2 Å². The van der Waals surface area contributed by atoms with E-state index in [4.69, 9.17) is 0 Å². The molecule has 0 aromatic carbocycles. The standard InChI is InChI=1S/C16H30O6P2/c1-13(2)7-5-8-14(3)9-6-10-15(4)11-12-16(23(17,18)19)24(20,21)22/h7,9,11,16H,5-6,8,10,12H2,1-4H3,(H2,17,18,19)(H2,20,21,22)/p-4/b14-9+,15-11+. The summed E-state index contributed by atoms with van der Waals surface area (Å²) in [6.45, 7) is 7.84. The summed E-state index contributed by atoms with van der Waals surface area (Å²) in [5.74, 6) is 0. The topological polar surface area (TPSA) is 126 Å². The SMILES string of the molecule is CC(C)=CCC/C(C)=C/CC/C(C)=C/CC(P(=O)([O-])[O-])P(=O)([O-])[O-]. The van der Waals surface area contributed by atoms with Gasteiger partial charge in [-0.05, 0) is 59.8 Å². The highest BCUT2D eigenvalue weighted by Gasteiger charge is 2.15. The van der Waals surface area contributed by atoms with Gasteiger partial charge < -0.3 is 28.7 Å². The van der Waals surface area contributed by atoms with Crippen molar-refractivity contribution in [1.82, 2.24) is 0 Å². The van der Waals surface area contributed by atoms with Crippen LogP contribution in [0, 0.1) is 0 Å². The lowest BCUT2D eigenvalue weighted by atomic mass is 10.1. The van der Waals surface area contributed by atoms with Gasteiger partial charge in [0.2, 0.25) is 0 Å². The van der Waals surface area contributed by atoms with Crippen LogP contribution < -0.4 is 19.6 Å². The monoisotopic (exact) mass is 376 g/mol. The number of allylic oxidation sites excluding steroid dienone is 6. The lowest BCUT2D eigenvalue weighted by Gasteiger charge is -2.48. The second-order valence-electron chi connectivity index (χ2n) is 6.26. The highest BCUT2D eigenvalue weighted by atomic mass is 31.2. The highest BCUT2D eigenvalue weighted by Crippen LogP contribution is 2.52. The maximum absolute atomic E-state index is 10.9. The molecule has 24 heavy (non-hydrogen) atoms. The molecule has 0 aliphatic rings. The highest BCUT2D eigenvalue weighted by molar-refractivity contribution is 7.68. The van der Waals surface area contributed by atoms with E-state index in [-0.39, 0.29) is 0 Å². The molecule has 8 heteroatoms. The predicted molar refractivity (Wildman–Crippen MR) is 89.0 cm³/mol. The van der Waals surface area contributed by atoms with Gasteiger partial charge in [0.05, 0.1) is 0 Å². The molecule has 0 fully saturated rings. The van der Waals surface area contributed by atoms with Crippen molar-refractivity contribution in [1.29, 1.82) is 0 Å². The molecule has 0 N–H and O–H groups in total. The Morgan fingerprint density at radius 1 is 0.792 bits per heavy atom. The van der Waals surface area contributed by atoms with Crippen LogP contribution in [0.3, 0.4) is 0 Å². The number of hydrogen-bond donors (Lipinski definition) is 0. The first kappa shape index (κ1) is 23.5. The van der Waals surface area contributed by atoms with E-state index in [9.17, 15) is 28.7 Å². The van der Waals surface area contributed by atoms with Gasteiger partial charge in [-0.3, -0.25) is 0 Å². The normalized spacial score (nSPS) is 14.2. The zero-order valence-corrected chi connectivity index (χ0v) is 16.5. The van der Waals surface area contributed by atoms with Gasteiger partial charge in [-0.25, -0.2) is 0 Å². The van der Waals surface area contributed by atoms with Crippen molar-refractivity contribution in [2.24, 2.45) is 0 Å². The third kappa shape index (κ3) is 11.1. The van der Waals surface area contributed by atoms with Gasteiger partial charge in [-0.15, -0.1) is 0 Å². The van der Waals surface area contributed by atoms with Crippen molar-refractivity contribution >= 4 is 15.2 Å². The summed E-state index contributed by atoms with van der Waals surface area (Å²) < 4.78 is 21.8. The van der Waals surface area contributed by atoms with Gasteiger partial charge in [-0.2, -0.15) is 0 Å². The predicted octanol–water partition coefficient (Wildman–Crippen LogP) is 1.95. The minimum Gasteiger partial charge on any atom is -0.810 e.